The number of fused-ring (bicyclic) bond motifs is 2. The molecule has 1 N–H and O–H groups in total. The van der Waals surface area contributed by atoms with E-state index < -0.39 is 0 Å². The summed E-state index contributed by atoms with van der Waals surface area (Å²) in [6, 6.07) is 16.7. The average Bonchev–Trinajstić information content (AvgIpc) is 3.33. The van der Waals surface area contributed by atoms with E-state index in [1.807, 2.05) is 18.2 Å². The summed E-state index contributed by atoms with van der Waals surface area (Å²) in [6.07, 6.45) is 3.08. The van der Waals surface area contributed by atoms with Gasteiger partial charge < -0.3 is 9.67 Å². The number of rotatable bonds is 4. The predicted octanol–water partition coefficient (Wildman–Crippen LogP) is 4.08. The van der Waals surface area contributed by atoms with Crippen LogP contribution in [0.2, 0.25) is 5.02 Å². The van der Waals surface area contributed by atoms with E-state index >= 15 is 0 Å². The largest absolute Gasteiger partial charge is 0.391 e. The summed E-state index contributed by atoms with van der Waals surface area (Å²) in [5, 5.41) is 11.2. The molecule has 0 spiro atoms. The van der Waals surface area contributed by atoms with Crippen LogP contribution in [0.4, 0.5) is 0 Å². The van der Waals surface area contributed by atoms with Gasteiger partial charge in [-0.15, -0.1) is 0 Å². The number of halogens is 1. The van der Waals surface area contributed by atoms with Crippen molar-refractivity contribution in [2.45, 2.75) is 44.5 Å². The molecule has 140 valence electrons. The van der Waals surface area contributed by atoms with Crippen LogP contribution in [0, 0.1) is 5.92 Å². The first-order valence-corrected chi connectivity index (χ1v) is 10.2. The van der Waals surface area contributed by atoms with Gasteiger partial charge in [0.1, 0.15) is 5.82 Å². The van der Waals surface area contributed by atoms with Crippen LogP contribution in [0.5, 0.6) is 0 Å². The summed E-state index contributed by atoms with van der Waals surface area (Å²) in [5.41, 5.74) is 3.31. The topological polar surface area (TPSA) is 41.3 Å². The average molecular weight is 382 g/mol. The lowest BCUT2D eigenvalue weighted by Gasteiger charge is -2.26. The molecule has 1 aromatic heterocycles. The molecule has 3 aromatic rings. The van der Waals surface area contributed by atoms with E-state index in [0.717, 1.165) is 49.3 Å². The van der Waals surface area contributed by atoms with Crippen molar-refractivity contribution in [3.05, 3.63) is 64.9 Å². The Morgan fingerprint density at radius 1 is 1.04 bits per heavy atom. The Balaban J connectivity index is 1.52. The Hall–Kier alpha value is -1.88. The van der Waals surface area contributed by atoms with Crippen LogP contribution >= 0.6 is 11.6 Å². The maximum absolute atomic E-state index is 10.4. The molecule has 2 heterocycles. The van der Waals surface area contributed by atoms with Crippen molar-refractivity contribution in [2.24, 2.45) is 5.92 Å². The highest BCUT2D eigenvalue weighted by Crippen LogP contribution is 2.39. The summed E-state index contributed by atoms with van der Waals surface area (Å²) in [7, 11) is 0. The van der Waals surface area contributed by atoms with Crippen LogP contribution in [0.15, 0.2) is 48.5 Å². The van der Waals surface area contributed by atoms with E-state index in [9.17, 15) is 5.11 Å². The van der Waals surface area contributed by atoms with E-state index in [4.69, 9.17) is 16.6 Å². The Labute approximate surface area is 164 Å². The smallest absolute Gasteiger partial charge is 0.124 e. The molecule has 4 nitrogen and oxygen atoms in total. The molecule has 0 amide bonds. The van der Waals surface area contributed by atoms with Crippen LogP contribution in [0.25, 0.3) is 11.0 Å². The summed E-state index contributed by atoms with van der Waals surface area (Å²) in [4.78, 5) is 7.36. The van der Waals surface area contributed by atoms with E-state index in [-0.39, 0.29) is 6.10 Å². The first-order valence-electron chi connectivity index (χ1n) is 9.80. The lowest BCUT2D eigenvalue weighted by Crippen LogP contribution is -2.38. The lowest BCUT2D eigenvalue weighted by molar-refractivity contribution is 0.0789. The normalized spacial score (nSPS) is 25.3. The molecule has 0 radical (unpaired) electrons. The highest BCUT2D eigenvalue weighted by molar-refractivity contribution is 6.31. The van der Waals surface area contributed by atoms with Crippen molar-refractivity contribution < 1.29 is 5.11 Å². The van der Waals surface area contributed by atoms with Gasteiger partial charge in [-0.3, -0.25) is 4.90 Å². The van der Waals surface area contributed by atoms with Crippen LogP contribution in [0.3, 0.4) is 0 Å². The SMILES string of the molecule is O[C@@H]1CC[C@H]2CCN(Cc3nc4cc(Cl)ccc4n3Cc3ccccc3)[C@H]21. The van der Waals surface area contributed by atoms with Gasteiger partial charge in [-0.1, -0.05) is 41.9 Å². The molecule has 1 saturated carbocycles. The number of aliphatic hydroxyl groups is 1. The number of nitrogens with zero attached hydrogens (tertiary/aromatic N) is 3. The molecule has 5 rings (SSSR count). The summed E-state index contributed by atoms with van der Waals surface area (Å²) in [6.45, 7) is 2.61. The summed E-state index contributed by atoms with van der Waals surface area (Å²) in [5.74, 6) is 1.69. The first-order chi connectivity index (χ1) is 13.2. The molecule has 0 bridgehead atoms. The van der Waals surface area contributed by atoms with Crippen LogP contribution in [-0.2, 0) is 13.1 Å². The maximum Gasteiger partial charge on any atom is 0.124 e. The molecule has 1 saturated heterocycles. The van der Waals surface area contributed by atoms with Crippen molar-refractivity contribution >= 4 is 22.6 Å². The third-order valence-corrected chi connectivity index (χ3v) is 6.47. The Morgan fingerprint density at radius 3 is 2.74 bits per heavy atom. The number of imidazole rings is 1. The zero-order valence-corrected chi connectivity index (χ0v) is 16.0. The second-order valence-corrected chi connectivity index (χ2v) is 8.32. The predicted molar refractivity (Wildman–Crippen MR) is 108 cm³/mol. The van der Waals surface area contributed by atoms with Gasteiger partial charge in [0.15, 0.2) is 0 Å². The molecule has 2 aromatic carbocycles. The highest BCUT2D eigenvalue weighted by Gasteiger charge is 2.43. The van der Waals surface area contributed by atoms with Crippen molar-refractivity contribution in [2.75, 3.05) is 6.54 Å². The van der Waals surface area contributed by atoms with Gasteiger partial charge >= 0.3 is 0 Å². The highest BCUT2D eigenvalue weighted by atomic mass is 35.5. The van der Waals surface area contributed by atoms with Gasteiger partial charge in [0.05, 0.1) is 23.7 Å². The second-order valence-electron chi connectivity index (χ2n) is 7.89. The third kappa shape index (κ3) is 3.16. The summed E-state index contributed by atoms with van der Waals surface area (Å²) < 4.78 is 2.30. The standard InChI is InChI=1S/C22H24ClN3O/c23-17-7-8-19-18(12-17)24-21(26(19)13-15-4-2-1-3-5-15)14-25-11-10-16-6-9-20(27)22(16)25/h1-5,7-8,12,16,20,22,27H,6,9-11,13-14H2/t16-,20+,22+/m0/s1. The molecule has 27 heavy (non-hydrogen) atoms. The molecular weight excluding hydrogens is 358 g/mol. The number of aromatic nitrogens is 2. The minimum absolute atomic E-state index is 0.195. The van der Waals surface area contributed by atoms with E-state index in [2.05, 4.69) is 39.8 Å². The van der Waals surface area contributed by atoms with E-state index in [1.165, 1.54) is 12.0 Å². The Bertz CT molecular complexity index is 955. The molecule has 0 unspecified atom stereocenters. The zero-order chi connectivity index (χ0) is 18.4. The molecule has 5 heteroatoms. The number of hydrogen-bond acceptors (Lipinski definition) is 3. The minimum atomic E-state index is -0.195. The summed E-state index contributed by atoms with van der Waals surface area (Å²) >= 11 is 6.21. The van der Waals surface area contributed by atoms with Gasteiger partial charge in [0, 0.05) is 17.6 Å². The fourth-order valence-electron chi connectivity index (χ4n) is 4.96. The third-order valence-electron chi connectivity index (χ3n) is 6.24. The van der Waals surface area contributed by atoms with Crippen molar-refractivity contribution in [3.8, 4) is 0 Å². The molecule has 1 aliphatic carbocycles. The van der Waals surface area contributed by atoms with Gasteiger partial charge in [0.25, 0.3) is 0 Å². The first kappa shape index (κ1) is 17.2. The minimum Gasteiger partial charge on any atom is -0.391 e. The zero-order valence-electron chi connectivity index (χ0n) is 15.3. The number of hydrogen-bond donors (Lipinski definition) is 1. The van der Waals surface area contributed by atoms with Crippen LogP contribution in [-0.4, -0.2) is 38.2 Å². The maximum atomic E-state index is 10.4. The van der Waals surface area contributed by atoms with Crippen molar-refractivity contribution in [1.82, 2.24) is 14.5 Å². The number of aliphatic hydroxyl groups excluding tert-OH is 1. The fraction of sp³-hybridized carbons (Fsp3) is 0.409. The monoisotopic (exact) mass is 381 g/mol. The van der Waals surface area contributed by atoms with E-state index in [1.54, 1.807) is 0 Å². The number of benzene rings is 2. The molecule has 2 aliphatic rings. The van der Waals surface area contributed by atoms with Gasteiger partial charge in [-0.05, 0) is 55.5 Å². The Morgan fingerprint density at radius 2 is 1.89 bits per heavy atom. The van der Waals surface area contributed by atoms with Gasteiger partial charge in [0.2, 0.25) is 0 Å². The van der Waals surface area contributed by atoms with Gasteiger partial charge in [-0.2, -0.15) is 0 Å². The van der Waals surface area contributed by atoms with Crippen molar-refractivity contribution in [3.63, 3.8) is 0 Å². The lowest BCUT2D eigenvalue weighted by atomic mass is 10.0. The van der Waals surface area contributed by atoms with Gasteiger partial charge in [-0.25, -0.2) is 4.98 Å². The molecular formula is C22H24ClN3O. The fourth-order valence-corrected chi connectivity index (χ4v) is 5.13. The molecule has 2 fully saturated rings. The van der Waals surface area contributed by atoms with E-state index in [0.29, 0.717) is 17.0 Å². The van der Waals surface area contributed by atoms with Crippen LogP contribution < -0.4 is 0 Å². The Kier molecular flexibility index (Phi) is 4.43. The molecule has 1 aliphatic heterocycles. The quantitative estimate of drug-likeness (QED) is 0.740. The van der Waals surface area contributed by atoms with Crippen LogP contribution in [0.1, 0.15) is 30.7 Å². The van der Waals surface area contributed by atoms with Crippen molar-refractivity contribution in [1.29, 1.82) is 0 Å². The number of likely N-dealkylation sites (tertiary alicyclic amines) is 1. The second kappa shape index (κ2) is 6.93. The molecule has 3 atom stereocenters.